The van der Waals surface area contributed by atoms with Gasteiger partial charge < -0.3 is 0 Å². The molecule has 100 valence electrons. The van der Waals surface area contributed by atoms with Crippen molar-refractivity contribution in [3.8, 4) is 0 Å². The molecule has 6 heteroatoms. The first-order valence-electron chi connectivity index (χ1n) is 5.94. The molecule has 0 aliphatic rings. The Bertz CT molecular complexity index is 821. The van der Waals surface area contributed by atoms with Gasteiger partial charge in [-0.05, 0) is 17.9 Å². The first kappa shape index (κ1) is 13.1. The van der Waals surface area contributed by atoms with Crippen LogP contribution >= 0.6 is 23.1 Å². The summed E-state index contributed by atoms with van der Waals surface area (Å²) in [4.78, 5) is 17.0. The van der Waals surface area contributed by atoms with Crippen molar-refractivity contribution in [3.63, 3.8) is 0 Å². The fraction of sp³-hybridized carbons (Fsp3) is 0.0714. The lowest BCUT2D eigenvalue weighted by molar-refractivity contribution is 0.856. The van der Waals surface area contributed by atoms with Crippen LogP contribution in [-0.2, 0) is 0 Å². The quantitative estimate of drug-likeness (QED) is 0.698. The van der Waals surface area contributed by atoms with Gasteiger partial charge in [0.1, 0.15) is 0 Å². The molecule has 0 amide bonds. The number of benzene rings is 1. The van der Waals surface area contributed by atoms with Gasteiger partial charge in [-0.1, -0.05) is 59.5 Å². The first-order valence-corrected chi connectivity index (χ1v) is 7.98. The van der Waals surface area contributed by atoms with E-state index in [9.17, 15) is 4.79 Å². The first-order chi connectivity index (χ1) is 9.76. The molecule has 0 aliphatic heterocycles. The van der Waals surface area contributed by atoms with Crippen molar-refractivity contribution in [2.75, 3.05) is 6.26 Å². The van der Waals surface area contributed by atoms with Gasteiger partial charge in [-0.25, -0.2) is 4.98 Å². The molecule has 0 radical (unpaired) electrons. The van der Waals surface area contributed by atoms with E-state index >= 15 is 0 Å². The number of hydrogen-bond acceptors (Lipinski definition) is 5. The molecule has 0 N–H and O–H groups in total. The van der Waals surface area contributed by atoms with Gasteiger partial charge in [0.05, 0.1) is 5.69 Å². The minimum Gasteiger partial charge on any atom is -0.267 e. The molecular weight excluding hydrogens is 290 g/mol. The largest absolute Gasteiger partial charge is 0.275 e. The maximum atomic E-state index is 12.0. The molecule has 0 spiro atoms. The van der Waals surface area contributed by atoms with Crippen molar-refractivity contribution in [1.29, 1.82) is 0 Å². The Morgan fingerprint density at radius 2 is 2.05 bits per heavy atom. The van der Waals surface area contributed by atoms with Crippen LogP contribution in [0.15, 0.2) is 45.5 Å². The highest BCUT2D eigenvalue weighted by Gasteiger charge is 2.06. The average molecular weight is 301 g/mol. The number of hydrogen-bond donors (Lipinski definition) is 0. The third-order valence-electron chi connectivity index (χ3n) is 2.67. The summed E-state index contributed by atoms with van der Waals surface area (Å²) in [6.45, 7) is 0. The van der Waals surface area contributed by atoms with Crippen LogP contribution in [-0.4, -0.2) is 20.9 Å². The summed E-state index contributed by atoms with van der Waals surface area (Å²) in [5.41, 5.74) is 1.57. The van der Waals surface area contributed by atoms with Gasteiger partial charge >= 0.3 is 0 Å². The molecule has 3 rings (SSSR count). The molecule has 0 unspecified atom stereocenters. The Labute approximate surface area is 123 Å². The van der Waals surface area contributed by atoms with Crippen molar-refractivity contribution >= 4 is 40.2 Å². The highest BCUT2D eigenvalue weighted by molar-refractivity contribution is 8.00. The van der Waals surface area contributed by atoms with Gasteiger partial charge in [0.15, 0.2) is 4.34 Å². The predicted molar refractivity (Wildman–Crippen MR) is 84.3 cm³/mol. The van der Waals surface area contributed by atoms with E-state index in [0.29, 0.717) is 10.7 Å². The van der Waals surface area contributed by atoms with E-state index in [-0.39, 0.29) is 5.56 Å². The standard InChI is InChI=1S/C14H11N3OS2/c1-19-14-16-17-12(18)9-11(15-13(17)20-14)8-7-10-5-3-2-4-6-10/h2-9H,1H3. The number of fused-ring (bicyclic) bond motifs is 1. The minimum absolute atomic E-state index is 0.153. The molecule has 0 aliphatic carbocycles. The van der Waals surface area contributed by atoms with Gasteiger partial charge in [0.25, 0.3) is 5.56 Å². The maximum absolute atomic E-state index is 12.0. The van der Waals surface area contributed by atoms with Crippen LogP contribution < -0.4 is 5.56 Å². The van der Waals surface area contributed by atoms with Crippen molar-refractivity contribution in [2.45, 2.75) is 4.34 Å². The molecule has 3 aromatic rings. The zero-order chi connectivity index (χ0) is 13.9. The molecule has 0 saturated heterocycles. The van der Waals surface area contributed by atoms with Crippen LogP contribution in [0.1, 0.15) is 11.3 Å². The third kappa shape index (κ3) is 2.66. The molecule has 2 heterocycles. The highest BCUT2D eigenvalue weighted by Crippen LogP contribution is 2.20. The lowest BCUT2D eigenvalue weighted by atomic mass is 10.2. The van der Waals surface area contributed by atoms with Crippen LogP contribution in [0.25, 0.3) is 17.1 Å². The van der Waals surface area contributed by atoms with Gasteiger partial charge in [0, 0.05) is 6.07 Å². The topological polar surface area (TPSA) is 47.3 Å². The molecule has 0 saturated carbocycles. The Balaban J connectivity index is 2.00. The Kier molecular flexibility index (Phi) is 3.66. The van der Waals surface area contributed by atoms with Crippen molar-refractivity contribution in [3.05, 3.63) is 58.0 Å². The summed E-state index contributed by atoms with van der Waals surface area (Å²) in [6, 6.07) is 11.4. The SMILES string of the molecule is CSc1nn2c(=O)cc(C=Cc3ccccc3)nc2s1. The van der Waals surface area contributed by atoms with E-state index < -0.39 is 0 Å². The van der Waals surface area contributed by atoms with Crippen LogP contribution in [0.4, 0.5) is 0 Å². The van der Waals surface area contributed by atoms with Gasteiger partial charge in [0.2, 0.25) is 4.96 Å². The lowest BCUT2D eigenvalue weighted by Crippen LogP contribution is -2.14. The predicted octanol–water partition coefficient (Wildman–Crippen LogP) is 3.04. The summed E-state index contributed by atoms with van der Waals surface area (Å²) in [7, 11) is 0. The monoisotopic (exact) mass is 301 g/mol. The zero-order valence-corrected chi connectivity index (χ0v) is 12.3. The second-order valence-corrected chi connectivity index (χ2v) is 6.04. The Hall–Kier alpha value is -1.92. The van der Waals surface area contributed by atoms with E-state index in [2.05, 4.69) is 10.1 Å². The zero-order valence-electron chi connectivity index (χ0n) is 10.7. The van der Waals surface area contributed by atoms with Crippen LogP contribution in [0.5, 0.6) is 0 Å². The second kappa shape index (κ2) is 5.60. The number of rotatable bonds is 3. The molecule has 0 fully saturated rings. The Morgan fingerprint density at radius 3 is 2.80 bits per heavy atom. The third-order valence-corrected chi connectivity index (χ3v) is 4.55. The van der Waals surface area contributed by atoms with E-state index in [1.807, 2.05) is 48.7 Å². The number of nitrogens with zero attached hydrogens (tertiary/aromatic N) is 3. The van der Waals surface area contributed by atoms with Crippen molar-refractivity contribution in [2.24, 2.45) is 0 Å². The Morgan fingerprint density at radius 1 is 1.25 bits per heavy atom. The molecule has 20 heavy (non-hydrogen) atoms. The van der Waals surface area contributed by atoms with Crippen LogP contribution in [0.3, 0.4) is 0 Å². The summed E-state index contributed by atoms with van der Waals surface area (Å²) in [6.07, 6.45) is 5.71. The fourth-order valence-electron chi connectivity index (χ4n) is 1.72. The molecule has 0 atom stereocenters. The van der Waals surface area contributed by atoms with Crippen molar-refractivity contribution in [1.82, 2.24) is 14.6 Å². The number of thioether (sulfide) groups is 1. The van der Waals surface area contributed by atoms with Crippen molar-refractivity contribution < 1.29 is 0 Å². The summed E-state index contributed by atoms with van der Waals surface area (Å²) in [5, 5.41) is 4.19. The summed E-state index contributed by atoms with van der Waals surface area (Å²) >= 11 is 2.93. The molecule has 2 aromatic heterocycles. The summed E-state index contributed by atoms with van der Waals surface area (Å²) < 4.78 is 2.18. The average Bonchev–Trinajstić information content (AvgIpc) is 2.90. The normalized spacial score (nSPS) is 11.4. The van der Waals surface area contributed by atoms with Gasteiger partial charge in [-0.2, -0.15) is 4.52 Å². The maximum Gasteiger partial charge on any atom is 0.275 e. The molecule has 0 bridgehead atoms. The molecule has 1 aromatic carbocycles. The summed E-state index contributed by atoms with van der Waals surface area (Å²) in [5.74, 6) is 0. The fourth-order valence-corrected chi connectivity index (χ4v) is 3.09. The minimum atomic E-state index is -0.153. The van der Waals surface area contributed by atoms with E-state index in [4.69, 9.17) is 0 Å². The van der Waals surface area contributed by atoms with Gasteiger partial charge in [-0.15, -0.1) is 5.10 Å². The van der Waals surface area contributed by atoms with Crippen LogP contribution in [0, 0.1) is 0 Å². The van der Waals surface area contributed by atoms with E-state index in [1.54, 1.807) is 0 Å². The van der Waals surface area contributed by atoms with Gasteiger partial charge in [-0.3, -0.25) is 4.79 Å². The van der Waals surface area contributed by atoms with E-state index in [0.717, 1.165) is 9.90 Å². The van der Waals surface area contributed by atoms with E-state index in [1.165, 1.54) is 33.7 Å². The lowest BCUT2D eigenvalue weighted by Gasteiger charge is -1.94. The van der Waals surface area contributed by atoms with Crippen LogP contribution in [0.2, 0.25) is 0 Å². The molecular formula is C14H11N3OS2. The smallest absolute Gasteiger partial charge is 0.267 e. The number of aromatic nitrogens is 3. The second-order valence-electron chi connectivity index (χ2n) is 4.03. The highest BCUT2D eigenvalue weighted by atomic mass is 32.2. The molecule has 4 nitrogen and oxygen atoms in total.